The summed E-state index contributed by atoms with van der Waals surface area (Å²) >= 11 is 0. The zero-order valence-corrected chi connectivity index (χ0v) is 12.1. The molecule has 1 aliphatic carbocycles. The molecule has 0 aliphatic heterocycles. The normalized spacial score (nSPS) is 19.9. The molecule has 0 aromatic carbocycles. The van der Waals surface area contributed by atoms with Gasteiger partial charge in [0, 0.05) is 12.6 Å². The Morgan fingerprint density at radius 3 is 2.26 bits per heavy atom. The van der Waals surface area contributed by atoms with Crippen molar-refractivity contribution in [2.45, 2.75) is 58.2 Å². The summed E-state index contributed by atoms with van der Waals surface area (Å²) in [6.07, 6.45) is 1.92. The quantitative estimate of drug-likeness (QED) is 0.768. The van der Waals surface area contributed by atoms with E-state index in [1.165, 1.54) is 24.2 Å². The zero-order chi connectivity index (χ0) is 14.3. The van der Waals surface area contributed by atoms with E-state index >= 15 is 0 Å². The summed E-state index contributed by atoms with van der Waals surface area (Å²) < 4.78 is 37.5. The SMILES string of the molecule is CCNC(CN(CC)CC(F)(F)F)C1CCCCC1. The van der Waals surface area contributed by atoms with Gasteiger partial charge in [0.1, 0.15) is 0 Å². The van der Waals surface area contributed by atoms with Gasteiger partial charge in [0.15, 0.2) is 0 Å². The van der Waals surface area contributed by atoms with Crippen LogP contribution in [0.3, 0.4) is 0 Å². The molecule has 1 aliphatic rings. The molecule has 2 nitrogen and oxygen atoms in total. The maximum absolute atomic E-state index is 12.5. The van der Waals surface area contributed by atoms with Crippen molar-refractivity contribution in [3.63, 3.8) is 0 Å². The van der Waals surface area contributed by atoms with E-state index in [9.17, 15) is 13.2 Å². The lowest BCUT2D eigenvalue weighted by molar-refractivity contribution is -0.146. The van der Waals surface area contributed by atoms with E-state index in [1.54, 1.807) is 6.92 Å². The van der Waals surface area contributed by atoms with Crippen molar-refractivity contribution in [2.75, 3.05) is 26.2 Å². The maximum atomic E-state index is 12.5. The van der Waals surface area contributed by atoms with Gasteiger partial charge in [0.25, 0.3) is 0 Å². The first-order valence-electron chi connectivity index (χ1n) is 7.48. The highest BCUT2D eigenvalue weighted by molar-refractivity contribution is 4.82. The number of alkyl halides is 3. The fourth-order valence-corrected chi connectivity index (χ4v) is 3.02. The van der Waals surface area contributed by atoms with Crippen LogP contribution >= 0.6 is 0 Å². The third-order valence-electron chi connectivity index (χ3n) is 3.99. The van der Waals surface area contributed by atoms with Gasteiger partial charge in [0.2, 0.25) is 0 Å². The van der Waals surface area contributed by atoms with Crippen LogP contribution in [-0.4, -0.2) is 43.3 Å². The summed E-state index contributed by atoms with van der Waals surface area (Å²) in [5.41, 5.74) is 0. The minimum atomic E-state index is -4.10. The third kappa shape index (κ3) is 6.61. The number of likely N-dealkylation sites (N-methyl/N-ethyl adjacent to an activating group) is 2. The van der Waals surface area contributed by atoms with Crippen LogP contribution in [0.1, 0.15) is 46.0 Å². The Morgan fingerprint density at radius 1 is 1.16 bits per heavy atom. The summed E-state index contributed by atoms with van der Waals surface area (Å²) in [6.45, 7) is 4.82. The molecular formula is C14H27F3N2. The molecule has 0 heterocycles. The van der Waals surface area contributed by atoms with Crippen LogP contribution in [0.5, 0.6) is 0 Å². The van der Waals surface area contributed by atoms with E-state index in [0.717, 1.165) is 19.4 Å². The van der Waals surface area contributed by atoms with Crippen molar-refractivity contribution >= 4 is 0 Å². The molecule has 0 saturated heterocycles. The number of hydrogen-bond acceptors (Lipinski definition) is 2. The second kappa shape index (κ2) is 8.10. The molecule has 0 amide bonds. The standard InChI is InChI=1S/C14H27F3N2/c1-3-18-13(12-8-6-5-7-9-12)10-19(4-2)11-14(15,16)17/h12-13,18H,3-11H2,1-2H3. The lowest BCUT2D eigenvalue weighted by Crippen LogP contribution is -2.48. The van der Waals surface area contributed by atoms with Gasteiger partial charge >= 0.3 is 6.18 Å². The number of nitrogens with one attached hydrogen (secondary N) is 1. The molecule has 19 heavy (non-hydrogen) atoms. The second-order valence-corrected chi connectivity index (χ2v) is 5.51. The van der Waals surface area contributed by atoms with Crippen LogP contribution in [0.15, 0.2) is 0 Å². The van der Waals surface area contributed by atoms with Crippen molar-refractivity contribution in [1.82, 2.24) is 10.2 Å². The molecular weight excluding hydrogens is 253 g/mol. The molecule has 0 bridgehead atoms. The fraction of sp³-hybridized carbons (Fsp3) is 1.00. The van der Waals surface area contributed by atoms with Gasteiger partial charge in [-0.25, -0.2) is 0 Å². The van der Waals surface area contributed by atoms with Gasteiger partial charge in [-0.1, -0.05) is 33.1 Å². The Kier molecular flexibility index (Phi) is 7.15. The van der Waals surface area contributed by atoms with Crippen molar-refractivity contribution in [2.24, 2.45) is 5.92 Å². The van der Waals surface area contributed by atoms with E-state index in [1.807, 2.05) is 6.92 Å². The Hall–Kier alpha value is -0.290. The summed E-state index contributed by atoms with van der Waals surface area (Å²) in [4.78, 5) is 1.52. The first-order chi connectivity index (χ1) is 8.96. The highest BCUT2D eigenvalue weighted by Gasteiger charge is 2.32. The minimum absolute atomic E-state index is 0.201. The van der Waals surface area contributed by atoms with Crippen LogP contribution in [0, 0.1) is 5.92 Å². The highest BCUT2D eigenvalue weighted by atomic mass is 19.4. The van der Waals surface area contributed by atoms with Crippen LogP contribution in [0.25, 0.3) is 0 Å². The van der Waals surface area contributed by atoms with Crippen LogP contribution < -0.4 is 5.32 Å². The van der Waals surface area contributed by atoms with Crippen molar-refractivity contribution in [3.05, 3.63) is 0 Å². The maximum Gasteiger partial charge on any atom is 0.401 e. The van der Waals surface area contributed by atoms with E-state index in [4.69, 9.17) is 0 Å². The average Bonchev–Trinajstić information content (AvgIpc) is 2.36. The predicted octanol–water partition coefficient (Wildman–Crippen LogP) is 3.43. The minimum Gasteiger partial charge on any atom is -0.313 e. The lowest BCUT2D eigenvalue weighted by atomic mass is 9.83. The van der Waals surface area contributed by atoms with Crippen molar-refractivity contribution < 1.29 is 13.2 Å². The Morgan fingerprint density at radius 2 is 1.79 bits per heavy atom. The summed E-state index contributed by atoms with van der Waals surface area (Å²) in [6, 6.07) is 0.201. The first kappa shape index (κ1) is 16.8. The molecule has 0 aromatic heterocycles. The van der Waals surface area contributed by atoms with Gasteiger partial charge in [0.05, 0.1) is 6.54 Å². The smallest absolute Gasteiger partial charge is 0.313 e. The van der Waals surface area contributed by atoms with Crippen LogP contribution in [-0.2, 0) is 0 Å². The molecule has 1 atom stereocenters. The molecule has 1 N–H and O–H groups in total. The molecule has 0 aromatic rings. The zero-order valence-electron chi connectivity index (χ0n) is 12.1. The molecule has 5 heteroatoms. The molecule has 114 valence electrons. The van der Waals surface area contributed by atoms with Crippen molar-refractivity contribution in [1.29, 1.82) is 0 Å². The van der Waals surface area contributed by atoms with E-state index in [2.05, 4.69) is 5.32 Å². The van der Waals surface area contributed by atoms with E-state index < -0.39 is 12.7 Å². The third-order valence-corrected chi connectivity index (χ3v) is 3.99. The molecule has 1 unspecified atom stereocenters. The number of halogens is 3. The topological polar surface area (TPSA) is 15.3 Å². The summed E-state index contributed by atoms with van der Waals surface area (Å²) in [7, 11) is 0. The highest BCUT2D eigenvalue weighted by Crippen LogP contribution is 2.27. The second-order valence-electron chi connectivity index (χ2n) is 5.51. The average molecular weight is 280 g/mol. The van der Waals surface area contributed by atoms with Gasteiger partial charge in [-0.2, -0.15) is 13.2 Å². The van der Waals surface area contributed by atoms with Gasteiger partial charge in [-0.3, -0.25) is 4.90 Å². The Bertz CT molecular complexity index is 237. The van der Waals surface area contributed by atoms with Gasteiger partial charge in [-0.05, 0) is 31.8 Å². The number of rotatable bonds is 7. The molecule has 1 fully saturated rings. The first-order valence-corrected chi connectivity index (χ1v) is 7.48. The summed E-state index contributed by atoms with van der Waals surface area (Å²) in [5, 5.41) is 3.39. The fourth-order valence-electron chi connectivity index (χ4n) is 3.02. The van der Waals surface area contributed by atoms with Crippen molar-refractivity contribution in [3.8, 4) is 0 Å². The molecule has 0 spiro atoms. The molecule has 0 radical (unpaired) electrons. The largest absolute Gasteiger partial charge is 0.401 e. The molecule has 1 saturated carbocycles. The van der Waals surface area contributed by atoms with Crippen LogP contribution in [0.4, 0.5) is 13.2 Å². The van der Waals surface area contributed by atoms with E-state index in [-0.39, 0.29) is 6.04 Å². The lowest BCUT2D eigenvalue weighted by Gasteiger charge is -2.35. The number of nitrogens with zero attached hydrogens (tertiary/aromatic N) is 1. The Balaban J connectivity index is 2.54. The van der Waals surface area contributed by atoms with Crippen LogP contribution in [0.2, 0.25) is 0 Å². The number of hydrogen-bond donors (Lipinski definition) is 1. The molecule has 1 rings (SSSR count). The van der Waals surface area contributed by atoms with Gasteiger partial charge < -0.3 is 5.32 Å². The monoisotopic (exact) mass is 280 g/mol. The Labute approximate surface area is 114 Å². The summed E-state index contributed by atoms with van der Waals surface area (Å²) in [5.74, 6) is 0.538. The van der Waals surface area contributed by atoms with Gasteiger partial charge in [-0.15, -0.1) is 0 Å². The van der Waals surface area contributed by atoms with E-state index in [0.29, 0.717) is 19.0 Å². The predicted molar refractivity (Wildman–Crippen MR) is 72.2 cm³/mol.